The molecular formula is C16H23NO4. The smallest absolute Gasteiger partial charge is 0.411 e. The van der Waals surface area contributed by atoms with Gasteiger partial charge in [0.05, 0.1) is 6.04 Å². The molecule has 0 bridgehead atoms. The molecule has 0 heterocycles. The summed E-state index contributed by atoms with van der Waals surface area (Å²) in [6.07, 6.45) is -0.00288. The number of hydrogen-bond acceptors (Lipinski definition) is 3. The van der Waals surface area contributed by atoms with Gasteiger partial charge in [-0.2, -0.15) is 0 Å². The van der Waals surface area contributed by atoms with Crippen LogP contribution in [0.15, 0.2) is 30.3 Å². The van der Waals surface area contributed by atoms with Crippen LogP contribution in [0.3, 0.4) is 0 Å². The topological polar surface area (TPSA) is 66.8 Å². The van der Waals surface area contributed by atoms with Gasteiger partial charge < -0.3 is 9.84 Å². The summed E-state index contributed by atoms with van der Waals surface area (Å²) in [6.45, 7) is 6.80. The van der Waals surface area contributed by atoms with Crippen LogP contribution >= 0.6 is 0 Å². The number of benzene rings is 1. The standard InChI is InChI=1S/C16H23NO4/c1-5-13(12-9-7-6-8-10-12)17(11-14(18)19)15(20)21-16(2,3)4/h6-10,13H,5,11H2,1-4H3,(H,18,19). The molecule has 5 heteroatoms. The highest BCUT2D eigenvalue weighted by Crippen LogP contribution is 2.25. The Kier molecular flexibility index (Phi) is 5.76. The molecule has 0 aliphatic carbocycles. The molecule has 1 rings (SSSR count). The third-order valence-corrected chi connectivity index (χ3v) is 2.88. The lowest BCUT2D eigenvalue weighted by molar-refractivity contribution is -0.138. The van der Waals surface area contributed by atoms with Gasteiger partial charge in [0.25, 0.3) is 0 Å². The number of rotatable bonds is 5. The molecule has 1 N–H and O–H groups in total. The molecule has 0 spiro atoms. The second-order valence-corrected chi connectivity index (χ2v) is 5.84. The van der Waals surface area contributed by atoms with Crippen LogP contribution in [0.25, 0.3) is 0 Å². The molecule has 1 aromatic carbocycles. The summed E-state index contributed by atoms with van der Waals surface area (Å²) < 4.78 is 5.33. The molecular weight excluding hydrogens is 270 g/mol. The Labute approximate surface area is 125 Å². The number of carboxylic acids is 1. The van der Waals surface area contributed by atoms with E-state index >= 15 is 0 Å². The largest absolute Gasteiger partial charge is 0.480 e. The first kappa shape index (κ1) is 17.0. The van der Waals surface area contributed by atoms with E-state index in [0.717, 1.165) is 5.56 Å². The zero-order valence-electron chi connectivity index (χ0n) is 13.0. The van der Waals surface area contributed by atoms with Crippen molar-refractivity contribution in [1.82, 2.24) is 4.90 Å². The maximum Gasteiger partial charge on any atom is 0.411 e. The zero-order chi connectivity index (χ0) is 16.0. The fourth-order valence-electron chi connectivity index (χ4n) is 2.08. The number of carbonyl (C=O) groups excluding carboxylic acids is 1. The Bertz CT molecular complexity index is 479. The first-order valence-corrected chi connectivity index (χ1v) is 7.01. The SMILES string of the molecule is CCC(c1ccccc1)N(CC(=O)O)C(=O)OC(C)(C)C. The molecule has 116 valence electrons. The molecule has 5 nitrogen and oxygen atoms in total. The maximum atomic E-state index is 12.3. The minimum absolute atomic E-state index is 0.322. The van der Waals surface area contributed by atoms with E-state index in [1.54, 1.807) is 20.8 Å². The van der Waals surface area contributed by atoms with Gasteiger partial charge in [0.2, 0.25) is 0 Å². The summed E-state index contributed by atoms with van der Waals surface area (Å²) in [4.78, 5) is 24.7. The van der Waals surface area contributed by atoms with Crippen LogP contribution in [0.5, 0.6) is 0 Å². The number of aliphatic carboxylic acids is 1. The van der Waals surface area contributed by atoms with Crippen molar-refractivity contribution in [3.8, 4) is 0 Å². The normalized spacial score (nSPS) is 12.6. The predicted octanol–water partition coefficient (Wildman–Crippen LogP) is 3.46. The Morgan fingerprint density at radius 1 is 1.24 bits per heavy atom. The fourth-order valence-corrected chi connectivity index (χ4v) is 2.08. The van der Waals surface area contributed by atoms with Crippen LogP contribution in [-0.4, -0.2) is 34.2 Å². The van der Waals surface area contributed by atoms with E-state index in [9.17, 15) is 9.59 Å². The van der Waals surface area contributed by atoms with Crippen molar-refractivity contribution >= 4 is 12.1 Å². The summed E-state index contributed by atoms with van der Waals surface area (Å²) in [7, 11) is 0. The molecule has 0 aliphatic heterocycles. The quantitative estimate of drug-likeness (QED) is 0.902. The van der Waals surface area contributed by atoms with Crippen LogP contribution in [0.2, 0.25) is 0 Å². The summed E-state index contributed by atoms with van der Waals surface area (Å²) in [5, 5.41) is 9.07. The lowest BCUT2D eigenvalue weighted by Crippen LogP contribution is -2.42. The van der Waals surface area contributed by atoms with E-state index < -0.39 is 17.7 Å². The van der Waals surface area contributed by atoms with Crippen LogP contribution in [0.4, 0.5) is 4.79 Å². The maximum absolute atomic E-state index is 12.3. The van der Waals surface area contributed by atoms with E-state index in [0.29, 0.717) is 6.42 Å². The first-order valence-electron chi connectivity index (χ1n) is 7.01. The minimum Gasteiger partial charge on any atom is -0.480 e. The Morgan fingerprint density at radius 2 is 1.81 bits per heavy atom. The molecule has 0 aliphatic rings. The second-order valence-electron chi connectivity index (χ2n) is 5.84. The lowest BCUT2D eigenvalue weighted by atomic mass is 10.0. The van der Waals surface area contributed by atoms with Gasteiger partial charge in [0, 0.05) is 0 Å². The van der Waals surface area contributed by atoms with Crippen LogP contribution in [0.1, 0.15) is 45.7 Å². The molecule has 0 aromatic heterocycles. The van der Waals surface area contributed by atoms with E-state index in [1.165, 1.54) is 4.90 Å². The van der Waals surface area contributed by atoms with E-state index in [2.05, 4.69) is 0 Å². The molecule has 0 fully saturated rings. The Hall–Kier alpha value is -2.04. The van der Waals surface area contributed by atoms with Crippen molar-refractivity contribution in [3.63, 3.8) is 0 Å². The Morgan fingerprint density at radius 3 is 2.24 bits per heavy atom. The molecule has 1 aromatic rings. The van der Waals surface area contributed by atoms with Crippen LogP contribution in [-0.2, 0) is 9.53 Å². The fraction of sp³-hybridized carbons (Fsp3) is 0.500. The molecule has 0 saturated carbocycles. The van der Waals surface area contributed by atoms with Crippen molar-refractivity contribution in [2.24, 2.45) is 0 Å². The highest BCUT2D eigenvalue weighted by molar-refractivity contribution is 5.77. The Balaban J connectivity index is 3.04. The van der Waals surface area contributed by atoms with Gasteiger partial charge in [-0.15, -0.1) is 0 Å². The van der Waals surface area contributed by atoms with Crippen molar-refractivity contribution < 1.29 is 19.4 Å². The number of hydrogen-bond donors (Lipinski definition) is 1. The van der Waals surface area contributed by atoms with E-state index in [1.807, 2.05) is 37.3 Å². The molecule has 1 unspecified atom stereocenters. The van der Waals surface area contributed by atoms with Crippen LogP contribution in [0, 0.1) is 0 Å². The minimum atomic E-state index is -1.06. The number of ether oxygens (including phenoxy) is 1. The van der Waals surface area contributed by atoms with Gasteiger partial charge in [-0.05, 0) is 32.8 Å². The van der Waals surface area contributed by atoms with Crippen molar-refractivity contribution in [3.05, 3.63) is 35.9 Å². The van der Waals surface area contributed by atoms with E-state index in [-0.39, 0.29) is 12.6 Å². The van der Waals surface area contributed by atoms with Gasteiger partial charge in [-0.1, -0.05) is 37.3 Å². The number of carboxylic acid groups (broad SMARTS) is 1. The number of nitrogens with zero attached hydrogens (tertiary/aromatic N) is 1. The molecule has 0 radical (unpaired) electrons. The van der Waals surface area contributed by atoms with Crippen molar-refractivity contribution in [2.75, 3.05) is 6.54 Å². The monoisotopic (exact) mass is 293 g/mol. The van der Waals surface area contributed by atoms with E-state index in [4.69, 9.17) is 9.84 Å². The van der Waals surface area contributed by atoms with Gasteiger partial charge in [0.1, 0.15) is 12.1 Å². The van der Waals surface area contributed by atoms with Crippen LogP contribution < -0.4 is 0 Å². The van der Waals surface area contributed by atoms with Gasteiger partial charge in [-0.25, -0.2) is 4.79 Å². The molecule has 1 amide bonds. The average Bonchev–Trinajstić information content (AvgIpc) is 2.37. The van der Waals surface area contributed by atoms with Gasteiger partial charge >= 0.3 is 12.1 Å². The third-order valence-electron chi connectivity index (χ3n) is 2.88. The summed E-state index contributed by atoms with van der Waals surface area (Å²) in [5.74, 6) is -1.06. The number of amides is 1. The molecule has 21 heavy (non-hydrogen) atoms. The number of carbonyl (C=O) groups is 2. The third kappa shape index (κ3) is 5.45. The first-order chi connectivity index (χ1) is 9.74. The highest BCUT2D eigenvalue weighted by Gasteiger charge is 2.29. The van der Waals surface area contributed by atoms with Crippen molar-refractivity contribution in [1.29, 1.82) is 0 Å². The summed E-state index contributed by atoms with van der Waals surface area (Å²) >= 11 is 0. The summed E-state index contributed by atoms with van der Waals surface area (Å²) in [5.41, 5.74) is 0.232. The lowest BCUT2D eigenvalue weighted by Gasteiger charge is -2.32. The predicted molar refractivity (Wildman–Crippen MR) is 80.0 cm³/mol. The highest BCUT2D eigenvalue weighted by atomic mass is 16.6. The summed E-state index contributed by atoms with van der Waals surface area (Å²) in [6, 6.07) is 9.06. The van der Waals surface area contributed by atoms with Crippen molar-refractivity contribution in [2.45, 2.75) is 45.8 Å². The molecule has 0 saturated heterocycles. The second kappa shape index (κ2) is 7.11. The average molecular weight is 293 g/mol. The van der Waals surface area contributed by atoms with Gasteiger partial charge in [-0.3, -0.25) is 9.69 Å². The molecule has 1 atom stereocenters. The zero-order valence-corrected chi connectivity index (χ0v) is 13.0. The van der Waals surface area contributed by atoms with Gasteiger partial charge in [0.15, 0.2) is 0 Å².